The number of aryl methyl sites for hydroxylation is 1. The van der Waals surface area contributed by atoms with Gasteiger partial charge in [-0.2, -0.15) is 13.2 Å². The number of nitrogens with zero attached hydrogens (tertiary/aromatic N) is 8. The molecule has 0 saturated carbocycles. The SMILES string of the molecule is CC(=O)C=C(C)O.CN(C)c1ccnc(-c2[c-]cc(F)cc2)c1.Cc1ccnc(-c2[c-]cc(F)cc2F)c1.FC(F)(F)c1c[c-]c(-c2ccccn2)cc1.Fc1c[c-]c(-c2cc(N(c3ccccc3)c3ccccc3)ccn2)cc1.[Ir].[Ir].[Ir].[Ir].[Ir].[Pt].[c-]1ccccc1-c1ccccn1.[c-]1ccccc1-c1ccccn1. The Labute approximate surface area is 719 Å². The van der Waals surface area contributed by atoms with E-state index in [1.165, 1.54) is 50.3 Å². The molecule has 0 bridgehead atoms. The van der Waals surface area contributed by atoms with Gasteiger partial charge < -0.3 is 44.8 Å². The standard InChI is InChI=1S/C23H16FN2.C13H12FN2.C12H7F3N.C12H8F2N.2C11H8N.C5H8O2.5Ir.Pt/c24-19-13-11-18(12-14-19)23-17-22(15-16-25-23)26(20-7-3-1-4-8-20)21-9-5-2-6-10-21;1-16(2)12-7-8-15-13(9-12)10-3-5-11(14)6-4-10;13-12(14,15)10-6-4-9(5-7-10)11-3-1-2-8-16-11;1-8-4-5-15-12(6-8)10-3-2-9(13)7-11(10)14;2*1-2-6-10(7-3-1)11-8-4-5-9-12-11;1-4(6)3-5(2)7;;;;;;/h1-11,13-17H;3,5-9H,1-2H3;1-4,6-8H;2,4-7H,1H3;2*1-6,8-9H;3,6H,1-2H3;;;;;;/q6*-1;;;;;;;. The summed E-state index contributed by atoms with van der Waals surface area (Å²) in [5.74, 6) is -1.93. The molecule has 577 valence electrons. The number of carbonyl (C=O) groups excluding carboxylic acids is 1. The Morgan fingerprint density at radius 3 is 1.15 bits per heavy atom. The molecule has 0 unspecified atom stereocenters. The van der Waals surface area contributed by atoms with E-state index >= 15 is 0 Å². The van der Waals surface area contributed by atoms with Gasteiger partial charge in [0.2, 0.25) is 0 Å². The molecule has 0 amide bonds. The minimum atomic E-state index is -4.32. The topological polar surface area (TPSA) is 121 Å². The van der Waals surface area contributed by atoms with Crippen molar-refractivity contribution in [3.05, 3.63) is 387 Å². The maximum Gasteiger partial charge on any atom is 0.381 e. The molecule has 0 saturated heterocycles. The van der Waals surface area contributed by atoms with Crippen LogP contribution in [0.15, 0.2) is 316 Å². The molecule has 14 rings (SSSR count). The third kappa shape index (κ3) is 32.8. The van der Waals surface area contributed by atoms with E-state index in [9.17, 15) is 35.5 Å². The molecule has 10 nitrogen and oxygen atoms in total. The van der Waals surface area contributed by atoms with Crippen molar-refractivity contribution in [3.8, 4) is 67.5 Å². The van der Waals surface area contributed by atoms with Crippen molar-refractivity contribution < 1.29 is 162 Å². The first-order chi connectivity index (χ1) is 50.3. The number of aliphatic hydroxyl groups is 1. The van der Waals surface area contributed by atoms with Crippen molar-refractivity contribution in [2.75, 3.05) is 23.9 Å². The van der Waals surface area contributed by atoms with Gasteiger partial charge in [-0.1, -0.05) is 108 Å². The van der Waals surface area contributed by atoms with Gasteiger partial charge in [0.15, 0.2) is 5.78 Å². The molecule has 0 atom stereocenters. The van der Waals surface area contributed by atoms with Crippen LogP contribution in [0.25, 0.3) is 67.5 Å². The van der Waals surface area contributed by atoms with Crippen LogP contribution in [-0.4, -0.2) is 54.9 Å². The summed E-state index contributed by atoms with van der Waals surface area (Å²) in [5, 5.41) is 8.36. The number of anilines is 4. The number of alkyl halides is 3. The molecule has 23 heteroatoms. The van der Waals surface area contributed by atoms with Gasteiger partial charge in [0.25, 0.3) is 0 Å². The zero-order chi connectivity index (χ0) is 74.1. The van der Waals surface area contributed by atoms with Crippen molar-refractivity contribution in [3.63, 3.8) is 0 Å². The van der Waals surface area contributed by atoms with Crippen LogP contribution in [0.1, 0.15) is 25.0 Å². The van der Waals surface area contributed by atoms with Crippen molar-refractivity contribution in [2.24, 2.45) is 0 Å². The Hall–Kier alpha value is -9.08. The third-order valence-electron chi connectivity index (χ3n) is 14.2. The zero-order valence-corrected chi connectivity index (χ0v) is 73.3. The molecule has 1 N–H and O–H groups in total. The number of aliphatic hydroxyl groups excluding tert-OH is 1. The molecule has 5 radical (unpaired) electrons. The average molecular weight is 2550 g/mol. The van der Waals surface area contributed by atoms with Gasteiger partial charge in [-0.05, 0) is 121 Å². The fraction of sp³-hybridized carbons (Fsp3) is 0.0690. The number of halogens is 7. The third-order valence-corrected chi connectivity index (χ3v) is 14.2. The number of ketones is 1. The van der Waals surface area contributed by atoms with E-state index in [0.717, 1.165) is 97.6 Å². The molecule has 6 aromatic heterocycles. The molecule has 8 aromatic carbocycles. The largest absolute Gasteiger partial charge is 0.512 e. The van der Waals surface area contributed by atoms with Crippen LogP contribution in [-0.2, 0) is 133 Å². The summed E-state index contributed by atoms with van der Waals surface area (Å²) in [6.45, 7) is 4.73. The number of carbonyl (C=O) groups is 1. The van der Waals surface area contributed by atoms with Crippen molar-refractivity contribution in [1.29, 1.82) is 0 Å². The number of aromatic nitrogens is 6. The monoisotopic (exact) mass is 2550 g/mol. The predicted molar refractivity (Wildman–Crippen MR) is 397 cm³/mol. The Morgan fingerprint density at radius 1 is 0.391 bits per heavy atom. The summed E-state index contributed by atoms with van der Waals surface area (Å²) in [7, 11) is 3.93. The van der Waals surface area contributed by atoms with E-state index in [0.29, 0.717) is 17.0 Å². The summed E-state index contributed by atoms with van der Waals surface area (Å²) in [6.07, 6.45) is 7.09. The second kappa shape index (κ2) is 51.4. The molecule has 14 aromatic rings. The van der Waals surface area contributed by atoms with Gasteiger partial charge in [-0.3, -0.25) is 22.4 Å². The van der Waals surface area contributed by atoms with Crippen molar-refractivity contribution >= 4 is 28.5 Å². The molecule has 110 heavy (non-hydrogen) atoms. The van der Waals surface area contributed by atoms with Gasteiger partial charge >= 0.3 is 6.18 Å². The fourth-order valence-electron chi connectivity index (χ4n) is 9.32. The number of allylic oxidation sites excluding steroid dienone is 2. The molecule has 0 aliphatic carbocycles. The normalized spacial score (nSPS) is 9.87. The molecular formula is C87H67F7Ir5N8O2Pt-6. The minimum absolute atomic E-state index is 0. The van der Waals surface area contributed by atoms with E-state index in [4.69, 9.17) is 5.11 Å². The van der Waals surface area contributed by atoms with Gasteiger partial charge in [-0.25, -0.2) is 0 Å². The summed E-state index contributed by atoms with van der Waals surface area (Å²) in [4.78, 5) is 39.3. The van der Waals surface area contributed by atoms with E-state index in [-0.39, 0.29) is 150 Å². The second-order valence-corrected chi connectivity index (χ2v) is 22.4. The molecule has 0 spiro atoms. The molecule has 0 fully saturated rings. The summed E-state index contributed by atoms with van der Waals surface area (Å²) >= 11 is 0. The molecule has 0 aliphatic heterocycles. The maximum atomic E-state index is 13.4. The first kappa shape index (κ1) is 97.0. The minimum Gasteiger partial charge on any atom is -0.512 e. The van der Waals surface area contributed by atoms with Gasteiger partial charge in [-0.15, -0.1) is 173 Å². The molecular weight excluding hydrogens is 2480 g/mol. The second-order valence-electron chi connectivity index (χ2n) is 22.4. The first-order valence-electron chi connectivity index (χ1n) is 32.1. The van der Waals surface area contributed by atoms with E-state index in [2.05, 4.69) is 95.5 Å². The zero-order valence-electron chi connectivity index (χ0n) is 59.0. The smallest absolute Gasteiger partial charge is 0.381 e. The summed E-state index contributed by atoms with van der Waals surface area (Å²) < 4.78 is 88.8. The number of benzene rings is 8. The van der Waals surface area contributed by atoms with Crippen LogP contribution in [0.4, 0.5) is 53.5 Å². The van der Waals surface area contributed by atoms with Crippen molar-refractivity contribution in [2.45, 2.75) is 26.9 Å². The van der Waals surface area contributed by atoms with Gasteiger partial charge in [0.1, 0.15) is 0 Å². The molecule has 6 heterocycles. The van der Waals surface area contributed by atoms with Crippen LogP contribution in [0.2, 0.25) is 0 Å². The number of para-hydroxylation sites is 2. The number of hydrogen-bond donors (Lipinski definition) is 1. The first-order valence-corrected chi connectivity index (χ1v) is 32.1. The quantitative estimate of drug-likeness (QED) is 0.0580. The van der Waals surface area contributed by atoms with Gasteiger partial charge in [0.05, 0.1) is 5.76 Å². The Kier molecular flexibility index (Phi) is 45.3. The van der Waals surface area contributed by atoms with E-state index < -0.39 is 23.4 Å². The predicted octanol–water partition coefficient (Wildman–Crippen LogP) is 21.7. The number of rotatable bonds is 11. The van der Waals surface area contributed by atoms with E-state index in [1.807, 2.05) is 178 Å². The summed E-state index contributed by atoms with van der Waals surface area (Å²) in [5.41, 5.74) is 13.4. The van der Waals surface area contributed by atoms with Crippen LogP contribution < -0.4 is 9.80 Å². The van der Waals surface area contributed by atoms with Gasteiger partial charge in [0, 0.05) is 225 Å². The summed E-state index contributed by atoms with van der Waals surface area (Å²) in [6, 6.07) is 95.6. The van der Waals surface area contributed by atoms with Crippen LogP contribution in [0.5, 0.6) is 0 Å². The number of hydrogen-bond acceptors (Lipinski definition) is 10. The fourth-order valence-corrected chi connectivity index (χ4v) is 9.32. The Bertz CT molecular complexity index is 4730. The van der Waals surface area contributed by atoms with Crippen LogP contribution in [0.3, 0.4) is 0 Å². The Morgan fingerprint density at radius 2 is 0.782 bits per heavy atom. The van der Waals surface area contributed by atoms with Crippen LogP contribution in [0, 0.1) is 66.6 Å². The van der Waals surface area contributed by atoms with Crippen molar-refractivity contribution in [1.82, 2.24) is 29.9 Å². The maximum absolute atomic E-state index is 13.4. The van der Waals surface area contributed by atoms with Crippen LogP contribution >= 0.6 is 0 Å². The molecule has 0 aliphatic rings. The number of pyridine rings is 6. The Balaban J connectivity index is 0.000000444. The average Bonchev–Trinajstić information content (AvgIpc) is 0.824. The van der Waals surface area contributed by atoms with E-state index in [1.54, 1.807) is 73.6 Å².